The maximum absolute atomic E-state index is 13.4. The predicted octanol–water partition coefficient (Wildman–Crippen LogP) is 3.90. The Morgan fingerprint density at radius 1 is 1.29 bits per heavy atom. The summed E-state index contributed by atoms with van der Waals surface area (Å²) in [5.74, 6) is -0.178. The van der Waals surface area contributed by atoms with Crippen LogP contribution < -0.4 is 5.32 Å². The Morgan fingerprint density at radius 3 is 2.60 bits per heavy atom. The van der Waals surface area contributed by atoms with Crippen LogP contribution in [0.1, 0.15) is 52.9 Å². The van der Waals surface area contributed by atoms with E-state index < -0.39 is 22.2 Å². The molecule has 0 bridgehead atoms. The second kappa shape index (κ2) is 8.37. The summed E-state index contributed by atoms with van der Waals surface area (Å²) in [6.07, 6.45) is 6.48. The van der Waals surface area contributed by atoms with Gasteiger partial charge < -0.3 is 15.6 Å². The lowest BCUT2D eigenvalue weighted by molar-refractivity contribution is -0.513. The Balaban J connectivity index is 1.49. The number of thiol groups is 1. The minimum atomic E-state index is -1.53. The SMILES string of the molecule is CC1CC2C3CCC4=CC([NH2+]c5ccc(F)cc5)=C(C=N)CC4(C)C3C(O)CC2(C)C1(O)C(=O)S. The van der Waals surface area contributed by atoms with Gasteiger partial charge in [-0.2, -0.15) is 0 Å². The largest absolute Gasteiger partial charge is 0.393 e. The number of aliphatic hydroxyl groups excluding tert-OH is 1. The average molecular weight is 500 g/mol. The third-order valence-corrected chi connectivity index (χ3v) is 10.5. The number of halogens is 1. The predicted molar refractivity (Wildman–Crippen MR) is 136 cm³/mol. The molecule has 4 aliphatic rings. The number of carbonyl (C=O) groups excluding carboxylic acids is 1. The van der Waals surface area contributed by atoms with E-state index in [0.717, 1.165) is 36.2 Å². The van der Waals surface area contributed by atoms with E-state index in [2.05, 4.69) is 25.6 Å². The van der Waals surface area contributed by atoms with Crippen molar-refractivity contribution in [3.05, 3.63) is 53.0 Å². The van der Waals surface area contributed by atoms with Gasteiger partial charge in [0.25, 0.3) is 0 Å². The summed E-state index contributed by atoms with van der Waals surface area (Å²) in [5, 5.41) is 32.8. The molecule has 5 rings (SSSR count). The second-order valence-corrected chi connectivity index (χ2v) is 12.2. The first-order valence-electron chi connectivity index (χ1n) is 12.6. The molecule has 1 aromatic carbocycles. The van der Waals surface area contributed by atoms with E-state index in [1.165, 1.54) is 23.9 Å². The molecule has 0 radical (unpaired) electrons. The highest BCUT2D eigenvalue weighted by Gasteiger charge is 2.70. The lowest BCUT2D eigenvalue weighted by Crippen LogP contribution is -2.76. The van der Waals surface area contributed by atoms with Gasteiger partial charge in [0, 0.05) is 29.3 Å². The Bertz CT molecular complexity index is 1130. The number of aliphatic hydroxyl groups is 2. The van der Waals surface area contributed by atoms with Crippen LogP contribution in [0, 0.1) is 45.7 Å². The number of rotatable bonds is 4. The van der Waals surface area contributed by atoms with Crippen molar-refractivity contribution < 1.29 is 24.7 Å². The molecule has 5 N–H and O–H groups in total. The molecule has 7 heteroatoms. The Labute approximate surface area is 211 Å². The number of nitrogens with two attached hydrogens (primary N) is 1. The molecule has 5 nitrogen and oxygen atoms in total. The number of hydrogen-bond donors (Lipinski definition) is 5. The molecule has 8 atom stereocenters. The van der Waals surface area contributed by atoms with Gasteiger partial charge in [-0.25, -0.2) is 4.39 Å². The van der Waals surface area contributed by atoms with Crippen molar-refractivity contribution in [2.45, 2.75) is 64.6 Å². The number of fused-ring (bicyclic) bond motifs is 5. The van der Waals surface area contributed by atoms with Gasteiger partial charge in [0.15, 0.2) is 0 Å². The Kier molecular flexibility index (Phi) is 5.95. The van der Waals surface area contributed by atoms with Crippen molar-refractivity contribution in [3.8, 4) is 0 Å². The molecule has 35 heavy (non-hydrogen) atoms. The molecule has 3 fully saturated rings. The first kappa shape index (κ1) is 24.9. The fourth-order valence-electron chi connectivity index (χ4n) is 8.52. The van der Waals surface area contributed by atoms with E-state index in [0.29, 0.717) is 12.8 Å². The van der Waals surface area contributed by atoms with Gasteiger partial charge in [-0.1, -0.05) is 26.3 Å². The molecule has 0 spiro atoms. The van der Waals surface area contributed by atoms with Gasteiger partial charge in [-0.15, -0.1) is 12.6 Å². The molecular weight excluding hydrogens is 463 g/mol. The first-order valence-corrected chi connectivity index (χ1v) is 13.1. The van der Waals surface area contributed by atoms with Crippen LogP contribution in [0.5, 0.6) is 0 Å². The maximum Gasteiger partial charge on any atom is 0.218 e. The second-order valence-electron chi connectivity index (χ2n) is 11.8. The van der Waals surface area contributed by atoms with Crippen LogP contribution in [0.3, 0.4) is 0 Å². The molecule has 4 aliphatic carbocycles. The summed E-state index contributed by atoms with van der Waals surface area (Å²) in [5.41, 5.74) is 1.51. The van der Waals surface area contributed by atoms with Crippen molar-refractivity contribution in [1.82, 2.24) is 0 Å². The summed E-state index contributed by atoms with van der Waals surface area (Å²) in [4.78, 5) is 12.6. The van der Waals surface area contributed by atoms with Gasteiger partial charge in [0.1, 0.15) is 22.8 Å². The monoisotopic (exact) mass is 499 g/mol. The van der Waals surface area contributed by atoms with Crippen molar-refractivity contribution in [2.75, 3.05) is 0 Å². The lowest BCUT2D eigenvalue weighted by atomic mass is 9.45. The van der Waals surface area contributed by atoms with Crippen LogP contribution in [0.2, 0.25) is 0 Å². The maximum atomic E-state index is 13.4. The van der Waals surface area contributed by atoms with Crippen LogP contribution in [0.25, 0.3) is 0 Å². The number of carbonyl (C=O) groups is 1. The van der Waals surface area contributed by atoms with Crippen LogP contribution in [-0.2, 0) is 4.79 Å². The van der Waals surface area contributed by atoms with Crippen LogP contribution in [0.4, 0.5) is 10.1 Å². The number of nitrogens with one attached hydrogen (secondary N) is 1. The van der Waals surface area contributed by atoms with Crippen LogP contribution in [0.15, 0.2) is 47.2 Å². The highest BCUT2D eigenvalue weighted by molar-refractivity contribution is 7.96. The van der Waals surface area contributed by atoms with Gasteiger partial charge in [0.05, 0.1) is 6.10 Å². The molecule has 8 unspecified atom stereocenters. The van der Waals surface area contributed by atoms with Crippen molar-refractivity contribution >= 4 is 29.6 Å². The first-order chi connectivity index (χ1) is 16.5. The molecule has 0 saturated heterocycles. The third-order valence-electron chi connectivity index (χ3n) is 10.2. The number of benzene rings is 1. The number of quaternary nitrogens is 1. The number of allylic oxidation sites excluding steroid dienone is 3. The van der Waals surface area contributed by atoms with Gasteiger partial charge in [-0.05, 0) is 79.4 Å². The highest BCUT2D eigenvalue weighted by Crippen LogP contribution is 2.69. The Hall–Kier alpha value is -1.80. The standard InChI is InChI=1S/C28H35FN2O3S/c1-15-10-21-20-9-4-17-11-22(31-19-7-5-18(29)6-8-19)16(14-30)12-26(17,2)24(20)23(32)13-27(21,3)28(15,34)25(33)35/h5-8,11,14-15,20-21,23-24,30-32,34H,4,9-10,12-13H2,1-3H3,(H,33,35)/p+1. The molecule has 0 aromatic heterocycles. The normalized spacial score (nSPS) is 42.6. The zero-order valence-corrected chi connectivity index (χ0v) is 21.5. The summed E-state index contributed by atoms with van der Waals surface area (Å²) in [6, 6.07) is 6.36. The minimum Gasteiger partial charge on any atom is -0.393 e. The zero-order valence-electron chi connectivity index (χ0n) is 20.6. The molecular formula is C28H36FN2O3S+. The molecule has 0 amide bonds. The molecule has 188 valence electrons. The molecule has 1 aromatic rings. The number of hydrogen-bond acceptors (Lipinski definition) is 4. The minimum absolute atomic E-state index is 0.00698. The van der Waals surface area contributed by atoms with Gasteiger partial charge >= 0.3 is 0 Å². The highest BCUT2D eigenvalue weighted by atomic mass is 32.1. The van der Waals surface area contributed by atoms with Crippen LogP contribution in [-0.4, -0.2) is 33.2 Å². The third kappa shape index (κ3) is 3.45. The smallest absolute Gasteiger partial charge is 0.218 e. The molecule has 0 heterocycles. The van der Waals surface area contributed by atoms with E-state index in [1.54, 1.807) is 12.1 Å². The molecule has 0 aliphatic heterocycles. The van der Waals surface area contributed by atoms with Crippen molar-refractivity contribution in [1.29, 1.82) is 5.41 Å². The van der Waals surface area contributed by atoms with Crippen molar-refractivity contribution in [2.24, 2.45) is 34.5 Å². The van der Waals surface area contributed by atoms with E-state index in [9.17, 15) is 19.4 Å². The summed E-state index contributed by atoms with van der Waals surface area (Å²) < 4.78 is 13.4. The van der Waals surface area contributed by atoms with E-state index in [-0.39, 0.29) is 34.9 Å². The zero-order chi connectivity index (χ0) is 25.3. The van der Waals surface area contributed by atoms with Gasteiger partial charge in [-0.3, -0.25) is 10.1 Å². The van der Waals surface area contributed by atoms with E-state index in [4.69, 9.17) is 5.41 Å². The quantitative estimate of drug-likeness (QED) is 0.247. The lowest BCUT2D eigenvalue weighted by Gasteiger charge is -2.60. The summed E-state index contributed by atoms with van der Waals surface area (Å²) in [7, 11) is 0. The van der Waals surface area contributed by atoms with Crippen molar-refractivity contribution in [3.63, 3.8) is 0 Å². The summed E-state index contributed by atoms with van der Waals surface area (Å²) in [6.45, 7) is 6.12. The Morgan fingerprint density at radius 2 is 1.97 bits per heavy atom. The van der Waals surface area contributed by atoms with Crippen LogP contribution >= 0.6 is 12.6 Å². The summed E-state index contributed by atoms with van der Waals surface area (Å²) >= 11 is 4.09. The average Bonchev–Trinajstić information content (AvgIpc) is 3.01. The fourth-order valence-corrected chi connectivity index (χ4v) is 8.99. The van der Waals surface area contributed by atoms with E-state index >= 15 is 0 Å². The topological polar surface area (TPSA) is 98.0 Å². The van der Waals surface area contributed by atoms with E-state index in [1.807, 2.05) is 19.2 Å². The molecule has 3 saturated carbocycles. The fraction of sp³-hybridized carbons (Fsp3) is 0.571. The van der Waals surface area contributed by atoms with Gasteiger partial charge in [0.2, 0.25) is 5.12 Å².